The first-order valence-electron chi connectivity index (χ1n) is 7.83. The summed E-state index contributed by atoms with van der Waals surface area (Å²) in [7, 11) is 1.61. The van der Waals surface area contributed by atoms with E-state index in [0.717, 1.165) is 6.54 Å². The zero-order valence-corrected chi connectivity index (χ0v) is 12.8. The highest BCUT2D eigenvalue weighted by Crippen LogP contribution is 2.33. The first kappa shape index (κ1) is 15.2. The number of nitrogens with zero attached hydrogens (tertiary/aromatic N) is 1. The Balaban J connectivity index is 1.97. The van der Waals surface area contributed by atoms with E-state index < -0.39 is 0 Å². The van der Waals surface area contributed by atoms with E-state index in [2.05, 4.69) is 11.8 Å². The van der Waals surface area contributed by atoms with Gasteiger partial charge in [-0.15, -0.1) is 0 Å². The van der Waals surface area contributed by atoms with E-state index in [1.807, 2.05) is 12.1 Å². The minimum Gasteiger partial charge on any atom is -0.504 e. The van der Waals surface area contributed by atoms with Gasteiger partial charge in [-0.3, -0.25) is 0 Å². The monoisotopic (exact) mass is 277 g/mol. The highest BCUT2D eigenvalue weighted by molar-refractivity contribution is 5.43. The summed E-state index contributed by atoms with van der Waals surface area (Å²) in [4.78, 5) is 2.59. The zero-order chi connectivity index (χ0) is 14.4. The number of likely N-dealkylation sites (tertiary alicyclic amines) is 1. The van der Waals surface area contributed by atoms with Crippen molar-refractivity contribution in [1.82, 2.24) is 4.90 Å². The summed E-state index contributed by atoms with van der Waals surface area (Å²) in [5.41, 5.74) is 1.29. The summed E-state index contributed by atoms with van der Waals surface area (Å²) in [6.45, 7) is 5.84. The van der Waals surface area contributed by atoms with Gasteiger partial charge in [0.25, 0.3) is 0 Å². The van der Waals surface area contributed by atoms with E-state index in [4.69, 9.17) is 4.74 Å². The van der Waals surface area contributed by atoms with Gasteiger partial charge in [-0.1, -0.05) is 25.8 Å². The van der Waals surface area contributed by atoms with Crippen molar-refractivity contribution >= 4 is 0 Å². The van der Waals surface area contributed by atoms with Gasteiger partial charge in [-0.05, 0) is 56.0 Å². The smallest absolute Gasteiger partial charge is 0.160 e. The molecule has 3 nitrogen and oxygen atoms in total. The Kier molecular flexibility index (Phi) is 5.72. The molecular weight excluding hydrogens is 250 g/mol. The fraction of sp³-hybridized carbons (Fsp3) is 0.647. The summed E-state index contributed by atoms with van der Waals surface area (Å²) in [5.74, 6) is 1.39. The van der Waals surface area contributed by atoms with Crippen molar-refractivity contribution in [1.29, 1.82) is 0 Å². The normalized spacial score (nSPS) is 20.0. The molecule has 1 aliphatic heterocycles. The average molecular weight is 277 g/mol. The maximum Gasteiger partial charge on any atom is 0.160 e. The maximum atomic E-state index is 9.69. The lowest BCUT2D eigenvalue weighted by atomic mass is 9.90. The van der Waals surface area contributed by atoms with Crippen molar-refractivity contribution in [3.05, 3.63) is 23.8 Å². The van der Waals surface area contributed by atoms with E-state index >= 15 is 0 Å². The number of benzene rings is 1. The number of hydrogen-bond acceptors (Lipinski definition) is 3. The second-order valence-corrected chi connectivity index (χ2v) is 5.78. The van der Waals surface area contributed by atoms with Crippen LogP contribution in [0.1, 0.15) is 50.5 Å². The molecule has 0 spiro atoms. The number of phenolic OH excluding ortho intramolecular Hbond substituents is 1. The summed E-state index contributed by atoms with van der Waals surface area (Å²) >= 11 is 0. The topological polar surface area (TPSA) is 32.7 Å². The second-order valence-electron chi connectivity index (χ2n) is 5.78. The van der Waals surface area contributed by atoms with Gasteiger partial charge in [-0.2, -0.15) is 0 Å². The summed E-state index contributed by atoms with van der Waals surface area (Å²) in [5, 5.41) is 9.69. The summed E-state index contributed by atoms with van der Waals surface area (Å²) in [6, 6.07) is 5.79. The van der Waals surface area contributed by atoms with E-state index in [1.165, 1.54) is 50.8 Å². The number of methoxy groups -OCH3 is 1. The number of aromatic hydroxyl groups is 1. The number of phenols is 1. The van der Waals surface area contributed by atoms with Crippen molar-refractivity contribution in [3.8, 4) is 11.5 Å². The van der Waals surface area contributed by atoms with Crippen LogP contribution in [-0.2, 0) is 0 Å². The van der Waals surface area contributed by atoms with E-state index in [9.17, 15) is 5.11 Å². The molecule has 20 heavy (non-hydrogen) atoms. The molecule has 0 aliphatic carbocycles. The molecule has 1 aromatic rings. The molecule has 2 rings (SSSR count). The molecule has 112 valence electrons. The van der Waals surface area contributed by atoms with Crippen molar-refractivity contribution < 1.29 is 9.84 Å². The van der Waals surface area contributed by atoms with Crippen molar-refractivity contribution in [2.45, 2.75) is 44.9 Å². The Morgan fingerprint density at radius 2 is 2.20 bits per heavy atom. The van der Waals surface area contributed by atoms with Crippen LogP contribution in [0.5, 0.6) is 11.5 Å². The van der Waals surface area contributed by atoms with E-state index in [0.29, 0.717) is 11.7 Å². The Hall–Kier alpha value is -1.22. The molecule has 1 aliphatic rings. The molecule has 1 fully saturated rings. The van der Waals surface area contributed by atoms with Gasteiger partial charge in [0, 0.05) is 6.54 Å². The largest absolute Gasteiger partial charge is 0.504 e. The van der Waals surface area contributed by atoms with Crippen molar-refractivity contribution in [2.24, 2.45) is 0 Å². The highest BCUT2D eigenvalue weighted by atomic mass is 16.5. The molecular formula is C17H27NO2. The predicted octanol–water partition coefficient (Wildman–Crippen LogP) is 3.77. The molecule has 3 heteroatoms. The number of hydrogen-bond donors (Lipinski definition) is 1. The van der Waals surface area contributed by atoms with Gasteiger partial charge in [0.2, 0.25) is 0 Å². The first-order chi connectivity index (χ1) is 9.74. The van der Waals surface area contributed by atoms with Crippen LogP contribution in [0.3, 0.4) is 0 Å². The lowest BCUT2D eigenvalue weighted by Gasteiger charge is -2.33. The zero-order valence-electron chi connectivity index (χ0n) is 12.8. The van der Waals surface area contributed by atoms with Gasteiger partial charge in [0.15, 0.2) is 11.5 Å². The molecule has 1 N–H and O–H groups in total. The predicted molar refractivity (Wildman–Crippen MR) is 82.6 cm³/mol. The molecule has 1 atom stereocenters. The standard InChI is InChI=1S/C17H27NO2/c1-3-4-5-10-18-11-6-7-15(13-18)14-8-9-16(19)17(12-14)20-2/h8-9,12,15,19H,3-7,10-11,13H2,1-2H3. The van der Waals surface area contributed by atoms with Gasteiger partial charge in [0.1, 0.15) is 0 Å². The Morgan fingerprint density at radius 1 is 1.35 bits per heavy atom. The van der Waals surface area contributed by atoms with E-state index in [1.54, 1.807) is 13.2 Å². The maximum absolute atomic E-state index is 9.69. The average Bonchev–Trinajstić information content (AvgIpc) is 2.48. The number of ether oxygens (including phenoxy) is 1. The lowest BCUT2D eigenvalue weighted by Crippen LogP contribution is -2.35. The van der Waals surface area contributed by atoms with Crippen LogP contribution in [0.4, 0.5) is 0 Å². The lowest BCUT2D eigenvalue weighted by molar-refractivity contribution is 0.204. The Labute approximate surface area is 122 Å². The van der Waals surface area contributed by atoms with Crippen molar-refractivity contribution in [3.63, 3.8) is 0 Å². The minimum absolute atomic E-state index is 0.229. The molecule has 0 radical (unpaired) electrons. The third-order valence-electron chi connectivity index (χ3n) is 4.26. The number of unbranched alkanes of at least 4 members (excludes halogenated alkanes) is 2. The third-order valence-corrected chi connectivity index (χ3v) is 4.26. The van der Waals surface area contributed by atoms with Crippen LogP contribution in [0.25, 0.3) is 0 Å². The third kappa shape index (κ3) is 3.89. The Morgan fingerprint density at radius 3 is 2.95 bits per heavy atom. The summed E-state index contributed by atoms with van der Waals surface area (Å²) < 4.78 is 5.22. The molecule has 0 bridgehead atoms. The molecule has 1 aromatic carbocycles. The van der Waals surface area contributed by atoms with Crippen LogP contribution in [0.15, 0.2) is 18.2 Å². The van der Waals surface area contributed by atoms with Gasteiger partial charge >= 0.3 is 0 Å². The quantitative estimate of drug-likeness (QED) is 0.803. The van der Waals surface area contributed by atoms with Gasteiger partial charge in [0.05, 0.1) is 7.11 Å². The Bertz CT molecular complexity index is 419. The van der Waals surface area contributed by atoms with Crippen LogP contribution in [0, 0.1) is 0 Å². The molecule has 1 unspecified atom stereocenters. The second kappa shape index (κ2) is 7.53. The van der Waals surface area contributed by atoms with Crippen LogP contribution >= 0.6 is 0 Å². The van der Waals surface area contributed by atoms with Crippen LogP contribution in [-0.4, -0.2) is 36.8 Å². The molecule has 1 heterocycles. The van der Waals surface area contributed by atoms with Crippen molar-refractivity contribution in [2.75, 3.05) is 26.7 Å². The number of rotatable bonds is 6. The fourth-order valence-electron chi connectivity index (χ4n) is 3.06. The van der Waals surface area contributed by atoms with Crippen LogP contribution in [0.2, 0.25) is 0 Å². The molecule has 1 saturated heterocycles. The highest BCUT2D eigenvalue weighted by Gasteiger charge is 2.21. The first-order valence-corrected chi connectivity index (χ1v) is 7.83. The van der Waals surface area contributed by atoms with Gasteiger partial charge in [-0.25, -0.2) is 0 Å². The van der Waals surface area contributed by atoms with Crippen LogP contribution < -0.4 is 4.74 Å². The fourth-order valence-corrected chi connectivity index (χ4v) is 3.06. The SMILES string of the molecule is CCCCCN1CCCC(c2ccc(O)c(OC)c2)C1. The number of piperidine rings is 1. The molecule has 0 amide bonds. The summed E-state index contributed by atoms with van der Waals surface area (Å²) in [6.07, 6.45) is 6.42. The van der Waals surface area contributed by atoms with Gasteiger partial charge < -0.3 is 14.7 Å². The molecule has 0 saturated carbocycles. The minimum atomic E-state index is 0.229. The molecule has 0 aromatic heterocycles. The van der Waals surface area contributed by atoms with E-state index in [-0.39, 0.29) is 5.75 Å².